The van der Waals surface area contributed by atoms with E-state index in [1.54, 1.807) is 0 Å². The van der Waals surface area contributed by atoms with Crippen molar-refractivity contribution in [2.45, 2.75) is 5.41 Å². The highest BCUT2D eigenvalue weighted by molar-refractivity contribution is 6.21. The molecule has 1 spiro atoms. The van der Waals surface area contributed by atoms with Gasteiger partial charge in [-0.15, -0.1) is 0 Å². The van der Waals surface area contributed by atoms with Crippen molar-refractivity contribution in [1.29, 1.82) is 0 Å². The molecule has 8 aromatic carbocycles. The second-order valence-electron chi connectivity index (χ2n) is 13.1. The maximum Gasteiger partial charge on any atom is 0.0726 e. The van der Waals surface area contributed by atoms with Crippen LogP contribution in [-0.2, 0) is 5.41 Å². The fraction of sp³-hybridized carbons (Fsp3) is 0.0213. The molecule has 1 unspecified atom stereocenters. The Balaban J connectivity index is 1.24. The van der Waals surface area contributed by atoms with Gasteiger partial charge in [0.05, 0.1) is 5.41 Å². The molecule has 3 aliphatic carbocycles. The Labute approximate surface area is 274 Å². The number of benzene rings is 8. The molecule has 0 aliphatic heterocycles. The molecule has 0 nitrogen and oxygen atoms in total. The van der Waals surface area contributed by atoms with Crippen molar-refractivity contribution >= 4 is 10.8 Å². The molecule has 0 aromatic heterocycles. The highest BCUT2D eigenvalue weighted by Gasteiger charge is 2.53. The molecule has 11 rings (SSSR count). The number of fused-ring (bicyclic) bond motifs is 14. The monoisotopic (exact) mass is 592 g/mol. The minimum Gasteiger partial charge on any atom is -0.0622 e. The smallest absolute Gasteiger partial charge is 0.0622 e. The van der Waals surface area contributed by atoms with E-state index < -0.39 is 5.41 Å². The van der Waals surface area contributed by atoms with Gasteiger partial charge in [-0.3, -0.25) is 0 Å². The fourth-order valence-electron chi connectivity index (χ4n) is 9.26. The normalized spacial score (nSPS) is 15.7. The van der Waals surface area contributed by atoms with Crippen molar-refractivity contribution < 1.29 is 0 Å². The predicted octanol–water partition coefficient (Wildman–Crippen LogP) is 12.2. The topological polar surface area (TPSA) is 0 Å². The Kier molecular flexibility index (Phi) is 4.86. The zero-order chi connectivity index (χ0) is 30.7. The van der Waals surface area contributed by atoms with Crippen LogP contribution in [0.3, 0.4) is 0 Å². The van der Waals surface area contributed by atoms with Crippen LogP contribution in [0.1, 0.15) is 22.3 Å². The maximum absolute atomic E-state index is 2.56. The van der Waals surface area contributed by atoms with E-state index in [-0.39, 0.29) is 0 Å². The van der Waals surface area contributed by atoms with E-state index in [4.69, 9.17) is 0 Å². The average Bonchev–Trinajstić information content (AvgIpc) is 3.75. The second kappa shape index (κ2) is 9.06. The van der Waals surface area contributed by atoms with Gasteiger partial charge in [-0.05, 0) is 106 Å². The summed E-state index contributed by atoms with van der Waals surface area (Å²) in [6.45, 7) is 0. The molecule has 0 heterocycles. The second-order valence-corrected chi connectivity index (χ2v) is 13.1. The molecule has 216 valence electrons. The molecule has 0 fully saturated rings. The summed E-state index contributed by atoms with van der Waals surface area (Å²) in [6.07, 6.45) is 0. The Hall–Kier alpha value is -5.98. The molecule has 0 N–H and O–H groups in total. The van der Waals surface area contributed by atoms with Crippen molar-refractivity contribution in [2.24, 2.45) is 0 Å². The van der Waals surface area contributed by atoms with Crippen LogP contribution in [0.4, 0.5) is 0 Å². The van der Waals surface area contributed by atoms with Crippen LogP contribution >= 0.6 is 0 Å². The minimum absolute atomic E-state index is 0.407. The predicted molar refractivity (Wildman–Crippen MR) is 196 cm³/mol. The van der Waals surface area contributed by atoms with Crippen molar-refractivity contribution in [3.05, 3.63) is 192 Å². The van der Waals surface area contributed by atoms with E-state index in [9.17, 15) is 0 Å². The molecule has 8 aromatic rings. The summed E-state index contributed by atoms with van der Waals surface area (Å²) in [5.74, 6) is 0. The highest BCUT2D eigenvalue weighted by Crippen LogP contribution is 2.66. The minimum atomic E-state index is -0.407. The molecule has 0 bridgehead atoms. The van der Waals surface area contributed by atoms with Gasteiger partial charge in [-0.1, -0.05) is 164 Å². The fourth-order valence-corrected chi connectivity index (χ4v) is 9.26. The number of hydrogen-bond donors (Lipinski definition) is 0. The molecule has 0 heteroatoms. The summed E-state index contributed by atoms with van der Waals surface area (Å²) in [5.41, 5.74) is 21.0. The lowest BCUT2D eigenvalue weighted by atomic mass is 9.70. The molecule has 1 atom stereocenters. The van der Waals surface area contributed by atoms with E-state index >= 15 is 0 Å². The van der Waals surface area contributed by atoms with Crippen LogP contribution in [0.5, 0.6) is 0 Å². The van der Waals surface area contributed by atoms with Crippen molar-refractivity contribution in [2.75, 3.05) is 0 Å². The summed E-state index contributed by atoms with van der Waals surface area (Å²) in [7, 11) is 0. The van der Waals surface area contributed by atoms with Gasteiger partial charge in [0.25, 0.3) is 0 Å². The molecular weight excluding hydrogens is 565 g/mol. The molecular formula is C47H28. The van der Waals surface area contributed by atoms with Gasteiger partial charge >= 0.3 is 0 Å². The highest BCUT2D eigenvalue weighted by atomic mass is 14.5. The van der Waals surface area contributed by atoms with Gasteiger partial charge in [0.2, 0.25) is 0 Å². The average molecular weight is 593 g/mol. The zero-order valence-corrected chi connectivity index (χ0v) is 25.7. The van der Waals surface area contributed by atoms with Gasteiger partial charge in [0.15, 0.2) is 0 Å². The first-order chi connectivity index (χ1) is 23.3. The third-order valence-electron chi connectivity index (χ3n) is 11.0. The third-order valence-corrected chi connectivity index (χ3v) is 11.0. The Morgan fingerprint density at radius 2 is 0.787 bits per heavy atom. The van der Waals surface area contributed by atoms with Crippen LogP contribution in [0, 0.1) is 0 Å². The number of hydrogen-bond acceptors (Lipinski definition) is 0. The first kappa shape index (κ1) is 25.2. The van der Waals surface area contributed by atoms with Crippen LogP contribution in [0.25, 0.3) is 77.5 Å². The first-order valence-electron chi connectivity index (χ1n) is 16.5. The van der Waals surface area contributed by atoms with E-state index in [1.807, 2.05) is 0 Å². The Bertz CT molecular complexity index is 2600. The van der Waals surface area contributed by atoms with E-state index in [2.05, 4.69) is 170 Å². The standard InChI is InChI=1S/C47H28/c1-2-12-29(13-3-1)30-24-26-31(27-25-30)32-18-11-23-42-45(32)36-16-6-8-21-40(36)47(42)41-22-9-7-17-37(41)46-38-20-10-19-35-33-14-4-5-15-34(33)39(44(35)38)28-43(46)47/h1-28H. The van der Waals surface area contributed by atoms with Crippen LogP contribution < -0.4 is 0 Å². The summed E-state index contributed by atoms with van der Waals surface area (Å²) >= 11 is 0. The van der Waals surface area contributed by atoms with Crippen LogP contribution in [0.15, 0.2) is 170 Å². The van der Waals surface area contributed by atoms with Crippen LogP contribution in [-0.4, -0.2) is 0 Å². The summed E-state index contributed by atoms with van der Waals surface area (Å²) < 4.78 is 0. The number of rotatable bonds is 2. The lowest BCUT2D eigenvalue weighted by molar-refractivity contribution is 0.795. The van der Waals surface area contributed by atoms with Gasteiger partial charge in [-0.25, -0.2) is 0 Å². The van der Waals surface area contributed by atoms with E-state index in [1.165, 1.54) is 99.8 Å². The van der Waals surface area contributed by atoms with Gasteiger partial charge in [0, 0.05) is 0 Å². The van der Waals surface area contributed by atoms with Crippen molar-refractivity contribution in [1.82, 2.24) is 0 Å². The lowest BCUT2D eigenvalue weighted by Gasteiger charge is -2.31. The zero-order valence-electron chi connectivity index (χ0n) is 25.7. The summed E-state index contributed by atoms with van der Waals surface area (Å²) in [5, 5.41) is 2.74. The van der Waals surface area contributed by atoms with Gasteiger partial charge < -0.3 is 0 Å². The largest absolute Gasteiger partial charge is 0.0726 e. The SMILES string of the molecule is c1ccc(-c2ccc(-c3cccc4c3-c3ccccc3C43c4ccccc4-c4c3cc3c5c(cccc45)-c4ccccc4-3)cc2)cc1. The lowest BCUT2D eigenvalue weighted by Crippen LogP contribution is -2.26. The quantitative estimate of drug-likeness (QED) is 0.187. The summed E-state index contributed by atoms with van der Waals surface area (Å²) in [4.78, 5) is 0. The molecule has 0 saturated heterocycles. The summed E-state index contributed by atoms with van der Waals surface area (Å²) in [6, 6.07) is 63.6. The molecule has 0 saturated carbocycles. The molecule has 3 aliphatic rings. The van der Waals surface area contributed by atoms with Crippen molar-refractivity contribution in [3.63, 3.8) is 0 Å². The third kappa shape index (κ3) is 3.08. The maximum atomic E-state index is 2.56. The molecule has 47 heavy (non-hydrogen) atoms. The van der Waals surface area contributed by atoms with Crippen molar-refractivity contribution in [3.8, 4) is 66.8 Å². The van der Waals surface area contributed by atoms with E-state index in [0.717, 1.165) is 0 Å². The molecule has 0 amide bonds. The molecule has 0 radical (unpaired) electrons. The van der Waals surface area contributed by atoms with Gasteiger partial charge in [-0.2, -0.15) is 0 Å². The Morgan fingerprint density at radius 3 is 1.53 bits per heavy atom. The first-order valence-corrected chi connectivity index (χ1v) is 16.5. The Morgan fingerprint density at radius 1 is 0.277 bits per heavy atom. The van der Waals surface area contributed by atoms with E-state index in [0.29, 0.717) is 0 Å². The van der Waals surface area contributed by atoms with Gasteiger partial charge in [0.1, 0.15) is 0 Å². The van der Waals surface area contributed by atoms with Crippen LogP contribution in [0.2, 0.25) is 0 Å².